The van der Waals surface area contributed by atoms with Crippen molar-refractivity contribution in [1.29, 1.82) is 0 Å². The number of carbonyl (C=O) groups is 3. The summed E-state index contributed by atoms with van der Waals surface area (Å²) in [6.45, 7) is 0. The summed E-state index contributed by atoms with van der Waals surface area (Å²) < 4.78 is 0. The van der Waals surface area contributed by atoms with Crippen LogP contribution >= 0.6 is 0 Å². The summed E-state index contributed by atoms with van der Waals surface area (Å²) in [5, 5.41) is 8.86. The van der Waals surface area contributed by atoms with Crippen molar-refractivity contribution in [2.24, 2.45) is 0 Å². The number of amides is 2. The largest absolute Gasteiger partial charge is 0.356 e. The molecule has 162 valence electrons. The van der Waals surface area contributed by atoms with Gasteiger partial charge in [-0.15, -0.1) is 0 Å². The highest BCUT2D eigenvalue weighted by Gasteiger charge is 2.29. The lowest BCUT2D eigenvalue weighted by atomic mass is 9.95. The molecule has 1 saturated heterocycles. The minimum atomic E-state index is -0.543. The Balaban J connectivity index is 1.49. The molecule has 0 unspecified atom stereocenters. The Morgan fingerprint density at radius 3 is 2.69 bits per heavy atom. The van der Waals surface area contributed by atoms with Gasteiger partial charge in [0.05, 0.1) is 16.9 Å². The minimum Gasteiger partial charge on any atom is -0.356 e. The average molecular weight is 429 g/mol. The number of Topliss-reactive ketones (excluding diaryl/α,β-unsaturated/α-hetero) is 1. The summed E-state index contributed by atoms with van der Waals surface area (Å²) in [6.07, 6.45) is 4.59. The molecule has 1 aromatic carbocycles. The topological polar surface area (TPSA) is 116 Å². The van der Waals surface area contributed by atoms with Gasteiger partial charge in [-0.2, -0.15) is 0 Å². The van der Waals surface area contributed by atoms with Crippen molar-refractivity contribution >= 4 is 34.8 Å². The second-order valence-electron chi connectivity index (χ2n) is 8.07. The molecule has 4 N–H and O–H groups in total. The molecule has 0 spiro atoms. The van der Waals surface area contributed by atoms with E-state index < -0.39 is 6.04 Å². The lowest BCUT2D eigenvalue weighted by Gasteiger charge is -2.14. The standard InChI is InChI=1S/C24H23N5O3/c30-18-8-4-7-16-21(18)23(26-15-5-2-1-3-6-15)22(28-16)14-11-12-25-19(13-14)29-24(32)17-9-10-20(31)27-17/h1-3,5-6,11-13,17,26,28H,4,7-10H2,(H,27,31)(H,25,29,32)/t17-/m0/s1. The van der Waals surface area contributed by atoms with Gasteiger partial charge in [-0.05, 0) is 43.5 Å². The maximum Gasteiger partial charge on any atom is 0.248 e. The summed E-state index contributed by atoms with van der Waals surface area (Å²) in [7, 11) is 0. The number of ketones is 1. The number of anilines is 3. The predicted molar refractivity (Wildman–Crippen MR) is 121 cm³/mol. The van der Waals surface area contributed by atoms with Gasteiger partial charge >= 0.3 is 0 Å². The van der Waals surface area contributed by atoms with Crippen molar-refractivity contribution in [3.63, 3.8) is 0 Å². The molecule has 0 radical (unpaired) electrons. The number of aromatic nitrogens is 2. The molecule has 2 aliphatic rings. The first-order valence-electron chi connectivity index (χ1n) is 10.8. The van der Waals surface area contributed by atoms with Crippen LogP contribution in [-0.2, 0) is 16.0 Å². The van der Waals surface area contributed by atoms with Crippen LogP contribution in [0, 0.1) is 0 Å². The van der Waals surface area contributed by atoms with Crippen LogP contribution in [0.3, 0.4) is 0 Å². The second kappa shape index (κ2) is 8.30. The molecule has 3 heterocycles. The van der Waals surface area contributed by atoms with Gasteiger partial charge in [-0.25, -0.2) is 4.98 Å². The van der Waals surface area contributed by atoms with Crippen LogP contribution in [0.15, 0.2) is 48.7 Å². The average Bonchev–Trinajstić information content (AvgIpc) is 3.39. The molecule has 0 saturated carbocycles. The molecule has 2 aromatic heterocycles. The van der Waals surface area contributed by atoms with E-state index in [0.717, 1.165) is 41.2 Å². The number of fused-ring (bicyclic) bond motifs is 1. The molecule has 8 nitrogen and oxygen atoms in total. The number of para-hydroxylation sites is 1. The third kappa shape index (κ3) is 3.87. The van der Waals surface area contributed by atoms with Gasteiger partial charge < -0.3 is 20.9 Å². The quantitative estimate of drug-likeness (QED) is 0.495. The van der Waals surface area contributed by atoms with E-state index in [0.29, 0.717) is 30.6 Å². The Morgan fingerprint density at radius 2 is 1.91 bits per heavy atom. The number of pyridine rings is 1. The molecule has 1 atom stereocenters. The van der Waals surface area contributed by atoms with Crippen molar-refractivity contribution in [2.45, 2.75) is 38.1 Å². The van der Waals surface area contributed by atoms with E-state index in [1.165, 1.54) is 0 Å². The van der Waals surface area contributed by atoms with Crippen molar-refractivity contribution < 1.29 is 14.4 Å². The smallest absolute Gasteiger partial charge is 0.248 e. The first kappa shape index (κ1) is 20.0. The van der Waals surface area contributed by atoms with Crippen LogP contribution in [0.2, 0.25) is 0 Å². The van der Waals surface area contributed by atoms with E-state index in [2.05, 4.69) is 25.9 Å². The number of aromatic amines is 1. The molecule has 3 aromatic rings. The van der Waals surface area contributed by atoms with Crippen molar-refractivity contribution in [1.82, 2.24) is 15.3 Å². The molecule has 32 heavy (non-hydrogen) atoms. The molecule has 1 aliphatic carbocycles. The van der Waals surface area contributed by atoms with Gasteiger partial charge in [0.15, 0.2) is 5.78 Å². The Labute approximate surface area is 184 Å². The third-order valence-corrected chi connectivity index (χ3v) is 5.84. The number of hydrogen-bond donors (Lipinski definition) is 4. The number of aryl methyl sites for hydroxylation is 1. The zero-order valence-electron chi connectivity index (χ0n) is 17.4. The number of H-pyrrole nitrogens is 1. The Morgan fingerprint density at radius 1 is 1.06 bits per heavy atom. The first-order chi connectivity index (χ1) is 15.6. The van der Waals surface area contributed by atoms with E-state index in [1.807, 2.05) is 36.4 Å². The number of nitrogens with one attached hydrogen (secondary N) is 4. The lowest BCUT2D eigenvalue weighted by Crippen LogP contribution is -2.37. The van der Waals surface area contributed by atoms with E-state index in [-0.39, 0.29) is 17.6 Å². The molecule has 8 heteroatoms. The highest BCUT2D eigenvalue weighted by molar-refractivity contribution is 6.07. The van der Waals surface area contributed by atoms with Crippen LogP contribution in [0.5, 0.6) is 0 Å². The van der Waals surface area contributed by atoms with Crippen molar-refractivity contribution in [3.8, 4) is 11.3 Å². The number of benzene rings is 1. The van der Waals surface area contributed by atoms with Crippen molar-refractivity contribution in [2.75, 3.05) is 10.6 Å². The van der Waals surface area contributed by atoms with E-state index in [1.54, 1.807) is 12.3 Å². The summed E-state index contributed by atoms with van der Waals surface area (Å²) >= 11 is 0. The van der Waals surface area contributed by atoms with Crippen molar-refractivity contribution in [3.05, 3.63) is 59.9 Å². The van der Waals surface area contributed by atoms with Crippen LogP contribution in [-0.4, -0.2) is 33.6 Å². The second-order valence-corrected chi connectivity index (χ2v) is 8.07. The molecule has 1 aliphatic heterocycles. The van der Waals surface area contributed by atoms with Gasteiger partial charge in [0.2, 0.25) is 11.8 Å². The zero-order chi connectivity index (χ0) is 22.1. The fraction of sp³-hybridized carbons (Fsp3) is 0.250. The highest BCUT2D eigenvalue weighted by atomic mass is 16.2. The summed E-state index contributed by atoms with van der Waals surface area (Å²) in [5.41, 5.74) is 4.82. The number of rotatable bonds is 5. The first-order valence-corrected chi connectivity index (χ1v) is 10.8. The van der Waals surface area contributed by atoms with Gasteiger partial charge in [-0.1, -0.05) is 18.2 Å². The predicted octanol–water partition coefficient (Wildman–Crippen LogP) is 3.56. The number of carbonyl (C=O) groups excluding carboxylic acids is 3. The molecule has 0 bridgehead atoms. The lowest BCUT2D eigenvalue weighted by molar-refractivity contribution is -0.122. The van der Waals surface area contributed by atoms with Gasteiger partial charge in [0, 0.05) is 36.0 Å². The highest BCUT2D eigenvalue weighted by Crippen LogP contribution is 2.39. The SMILES string of the molecule is O=C1CC[C@@H](C(=O)Nc2cc(-c3[nH]c4c(c3Nc3ccccc3)C(=O)CCC4)ccn2)N1. The molecular weight excluding hydrogens is 406 g/mol. The molecule has 5 rings (SSSR count). The van der Waals surface area contributed by atoms with Crippen LogP contribution in [0.1, 0.15) is 41.7 Å². The molecular formula is C24H23N5O3. The van der Waals surface area contributed by atoms with E-state index >= 15 is 0 Å². The van der Waals surface area contributed by atoms with E-state index in [9.17, 15) is 14.4 Å². The van der Waals surface area contributed by atoms with E-state index in [4.69, 9.17) is 0 Å². The third-order valence-electron chi connectivity index (χ3n) is 5.84. The summed E-state index contributed by atoms with van der Waals surface area (Å²) in [6, 6.07) is 12.8. The number of hydrogen-bond acceptors (Lipinski definition) is 5. The Kier molecular flexibility index (Phi) is 5.18. The maximum atomic E-state index is 12.8. The van der Waals surface area contributed by atoms with Crippen LogP contribution in [0.4, 0.5) is 17.2 Å². The van der Waals surface area contributed by atoms with Gasteiger partial charge in [0.1, 0.15) is 11.9 Å². The van der Waals surface area contributed by atoms with Gasteiger partial charge in [-0.3, -0.25) is 14.4 Å². The fourth-order valence-electron chi connectivity index (χ4n) is 4.28. The molecule has 2 amide bonds. The minimum absolute atomic E-state index is 0.117. The number of nitrogens with zero attached hydrogens (tertiary/aromatic N) is 1. The summed E-state index contributed by atoms with van der Waals surface area (Å²) in [4.78, 5) is 44.4. The normalized spacial score (nSPS) is 17.6. The zero-order valence-corrected chi connectivity index (χ0v) is 17.4. The monoisotopic (exact) mass is 429 g/mol. The Bertz CT molecular complexity index is 1200. The van der Waals surface area contributed by atoms with Crippen LogP contribution < -0.4 is 16.0 Å². The van der Waals surface area contributed by atoms with Crippen LogP contribution in [0.25, 0.3) is 11.3 Å². The summed E-state index contributed by atoms with van der Waals surface area (Å²) in [5.74, 6) is 0.0964. The molecule has 1 fully saturated rings. The fourth-order valence-corrected chi connectivity index (χ4v) is 4.28. The van der Waals surface area contributed by atoms with Gasteiger partial charge in [0.25, 0.3) is 0 Å². The maximum absolute atomic E-state index is 12.8. The Hall–Kier alpha value is -3.94.